The molecular formula is C15H22N4O. The zero-order valence-electron chi connectivity index (χ0n) is 12.9. The van der Waals surface area contributed by atoms with Crippen LogP contribution in [0, 0.1) is 20.8 Å². The number of hydrogen-bond acceptors (Lipinski definition) is 5. The Labute approximate surface area is 119 Å². The maximum absolute atomic E-state index is 5.22. The van der Waals surface area contributed by atoms with Crippen LogP contribution in [0.25, 0.3) is 11.4 Å². The molecular weight excluding hydrogens is 252 g/mol. The first-order chi connectivity index (χ1) is 9.58. The van der Waals surface area contributed by atoms with Gasteiger partial charge in [-0.15, -0.1) is 0 Å². The van der Waals surface area contributed by atoms with E-state index in [2.05, 4.69) is 34.3 Å². The highest BCUT2D eigenvalue weighted by molar-refractivity contribution is 5.63. The van der Waals surface area contributed by atoms with Gasteiger partial charge >= 0.3 is 0 Å². The molecule has 2 rings (SSSR count). The molecule has 2 aromatic heterocycles. The normalized spacial score (nSPS) is 10.8. The monoisotopic (exact) mass is 274 g/mol. The molecule has 0 aliphatic carbocycles. The predicted molar refractivity (Wildman–Crippen MR) is 79.9 cm³/mol. The molecule has 0 fully saturated rings. The van der Waals surface area contributed by atoms with Gasteiger partial charge in [-0.2, -0.15) is 0 Å². The van der Waals surface area contributed by atoms with Crippen LogP contribution in [-0.4, -0.2) is 21.7 Å². The molecule has 0 atom stereocenters. The van der Waals surface area contributed by atoms with Crippen LogP contribution in [0.3, 0.4) is 0 Å². The van der Waals surface area contributed by atoms with E-state index in [1.54, 1.807) is 0 Å². The Morgan fingerprint density at radius 2 is 1.80 bits per heavy atom. The molecule has 0 aliphatic heterocycles. The van der Waals surface area contributed by atoms with Crippen molar-refractivity contribution in [2.24, 2.45) is 0 Å². The lowest BCUT2D eigenvalue weighted by atomic mass is 10.1. The second kappa shape index (κ2) is 6.03. The average Bonchev–Trinajstić information content (AvgIpc) is 2.75. The maximum atomic E-state index is 5.22. The van der Waals surface area contributed by atoms with E-state index in [9.17, 15) is 0 Å². The van der Waals surface area contributed by atoms with Gasteiger partial charge in [0.25, 0.3) is 0 Å². The predicted octanol–water partition coefficient (Wildman–Crippen LogP) is 3.44. The van der Waals surface area contributed by atoms with Gasteiger partial charge in [0, 0.05) is 17.8 Å². The summed E-state index contributed by atoms with van der Waals surface area (Å²) in [5.41, 5.74) is 3.91. The molecule has 2 aromatic rings. The van der Waals surface area contributed by atoms with Crippen LogP contribution >= 0.6 is 0 Å². The third kappa shape index (κ3) is 2.66. The standard InChI is InChI=1S/C15H22N4O/c1-6-8-16-14-12(7-2)9(3)17-15(18-14)13-10(4)19-20-11(13)5/h6-8H2,1-5H3,(H,16,17,18). The number of aryl methyl sites for hydroxylation is 3. The van der Waals surface area contributed by atoms with Gasteiger partial charge in [0.15, 0.2) is 5.82 Å². The highest BCUT2D eigenvalue weighted by Gasteiger charge is 2.17. The summed E-state index contributed by atoms with van der Waals surface area (Å²) in [6.07, 6.45) is 1.98. The van der Waals surface area contributed by atoms with E-state index < -0.39 is 0 Å². The Kier molecular flexibility index (Phi) is 4.37. The Balaban J connectivity index is 2.53. The van der Waals surface area contributed by atoms with Crippen LogP contribution in [0.15, 0.2) is 4.52 Å². The SMILES string of the molecule is CCCNc1nc(-c2c(C)noc2C)nc(C)c1CC. The lowest BCUT2D eigenvalue weighted by molar-refractivity contribution is 0.393. The van der Waals surface area contributed by atoms with Crippen molar-refractivity contribution in [2.45, 2.75) is 47.5 Å². The summed E-state index contributed by atoms with van der Waals surface area (Å²) in [5.74, 6) is 2.37. The fourth-order valence-electron chi connectivity index (χ4n) is 2.32. The Hall–Kier alpha value is -1.91. The fraction of sp³-hybridized carbons (Fsp3) is 0.533. The molecule has 0 saturated heterocycles. The Morgan fingerprint density at radius 1 is 1.05 bits per heavy atom. The van der Waals surface area contributed by atoms with E-state index in [0.29, 0.717) is 5.82 Å². The average molecular weight is 274 g/mol. The number of rotatable bonds is 5. The molecule has 0 unspecified atom stereocenters. The van der Waals surface area contributed by atoms with Crippen LogP contribution in [0.2, 0.25) is 0 Å². The summed E-state index contributed by atoms with van der Waals surface area (Å²) < 4.78 is 5.22. The number of anilines is 1. The molecule has 2 heterocycles. The van der Waals surface area contributed by atoms with E-state index in [-0.39, 0.29) is 0 Å². The summed E-state index contributed by atoms with van der Waals surface area (Å²) >= 11 is 0. The van der Waals surface area contributed by atoms with Gasteiger partial charge in [-0.3, -0.25) is 0 Å². The molecule has 0 aliphatic rings. The largest absolute Gasteiger partial charge is 0.370 e. The summed E-state index contributed by atoms with van der Waals surface area (Å²) in [6.45, 7) is 11.0. The van der Waals surface area contributed by atoms with Crippen LogP contribution in [0.1, 0.15) is 43.0 Å². The molecule has 5 heteroatoms. The number of nitrogens with zero attached hydrogens (tertiary/aromatic N) is 3. The van der Waals surface area contributed by atoms with Crippen molar-refractivity contribution in [3.8, 4) is 11.4 Å². The van der Waals surface area contributed by atoms with Gasteiger partial charge in [0.1, 0.15) is 11.6 Å². The Bertz CT molecular complexity index is 585. The first-order valence-electron chi connectivity index (χ1n) is 7.13. The molecule has 0 saturated carbocycles. The first kappa shape index (κ1) is 14.5. The van der Waals surface area contributed by atoms with Gasteiger partial charge in [0.05, 0.1) is 11.3 Å². The minimum atomic E-state index is 0.689. The zero-order chi connectivity index (χ0) is 14.7. The van der Waals surface area contributed by atoms with Gasteiger partial charge in [0.2, 0.25) is 0 Å². The lowest BCUT2D eigenvalue weighted by Gasteiger charge is -2.13. The van der Waals surface area contributed by atoms with E-state index >= 15 is 0 Å². The highest BCUT2D eigenvalue weighted by atomic mass is 16.5. The quantitative estimate of drug-likeness (QED) is 0.904. The highest BCUT2D eigenvalue weighted by Crippen LogP contribution is 2.27. The first-order valence-corrected chi connectivity index (χ1v) is 7.13. The van der Waals surface area contributed by atoms with Gasteiger partial charge in [-0.1, -0.05) is 19.0 Å². The third-order valence-corrected chi connectivity index (χ3v) is 3.37. The van der Waals surface area contributed by atoms with Crippen molar-refractivity contribution in [3.05, 3.63) is 22.7 Å². The van der Waals surface area contributed by atoms with Crippen LogP contribution < -0.4 is 5.32 Å². The third-order valence-electron chi connectivity index (χ3n) is 3.37. The number of hydrogen-bond donors (Lipinski definition) is 1. The van der Waals surface area contributed by atoms with E-state index in [4.69, 9.17) is 4.52 Å². The molecule has 1 N–H and O–H groups in total. The molecule has 0 bridgehead atoms. The Morgan fingerprint density at radius 3 is 2.35 bits per heavy atom. The maximum Gasteiger partial charge on any atom is 0.167 e. The van der Waals surface area contributed by atoms with E-state index in [0.717, 1.165) is 47.9 Å². The second-order valence-corrected chi connectivity index (χ2v) is 4.94. The van der Waals surface area contributed by atoms with Gasteiger partial charge in [-0.25, -0.2) is 9.97 Å². The second-order valence-electron chi connectivity index (χ2n) is 4.94. The number of aromatic nitrogens is 3. The topological polar surface area (TPSA) is 63.8 Å². The van der Waals surface area contributed by atoms with Crippen molar-refractivity contribution < 1.29 is 4.52 Å². The number of nitrogens with one attached hydrogen (secondary N) is 1. The zero-order valence-corrected chi connectivity index (χ0v) is 12.9. The van der Waals surface area contributed by atoms with Crippen LogP contribution in [0.5, 0.6) is 0 Å². The molecule has 0 spiro atoms. The molecule has 5 nitrogen and oxygen atoms in total. The van der Waals surface area contributed by atoms with Crippen molar-refractivity contribution in [3.63, 3.8) is 0 Å². The summed E-state index contributed by atoms with van der Waals surface area (Å²) in [6, 6.07) is 0. The lowest BCUT2D eigenvalue weighted by Crippen LogP contribution is -2.09. The molecule has 108 valence electrons. The van der Waals surface area contributed by atoms with Crippen molar-refractivity contribution in [1.82, 2.24) is 15.1 Å². The van der Waals surface area contributed by atoms with E-state index in [1.807, 2.05) is 20.8 Å². The molecule has 20 heavy (non-hydrogen) atoms. The molecule has 0 radical (unpaired) electrons. The molecule has 0 aromatic carbocycles. The summed E-state index contributed by atoms with van der Waals surface area (Å²) in [4.78, 5) is 9.31. The summed E-state index contributed by atoms with van der Waals surface area (Å²) in [7, 11) is 0. The van der Waals surface area contributed by atoms with E-state index in [1.165, 1.54) is 5.56 Å². The van der Waals surface area contributed by atoms with Gasteiger partial charge in [-0.05, 0) is 33.6 Å². The smallest absolute Gasteiger partial charge is 0.167 e. The van der Waals surface area contributed by atoms with Crippen molar-refractivity contribution in [1.29, 1.82) is 0 Å². The summed E-state index contributed by atoms with van der Waals surface area (Å²) in [5, 5.41) is 7.38. The van der Waals surface area contributed by atoms with Crippen LogP contribution in [-0.2, 0) is 6.42 Å². The van der Waals surface area contributed by atoms with Gasteiger partial charge < -0.3 is 9.84 Å². The van der Waals surface area contributed by atoms with Crippen molar-refractivity contribution >= 4 is 5.82 Å². The minimum Gasteiger partial charge on any atom is -0.370 e. The fourth-order valence-corrected chi connectivity index (χ4v) is 2.32. The minimum absolute atomic E-state index is 0.689. The van der Waals surface area contributed by atoms with Crippen LogP contribution in [0.4, 0.5) is 5.82 Å². The van der Waals surface area contributed by atoms with Crippen molar-refractivity contribution in [2.75, 3.05) is 11.9 Å². The molecule has 0 amide bonds.